The third-order valence-electron chi connectivity index (χ3n) is 8.57. The van der Waals surface area contributed by atoms with Gasteiger partial charge in [-0.2, -0.15) is 27.2 Å². The number of nitrogens with one attached hydrogen (secondary N) is 2. The van der Waals surface area contributed by atoms with E-state index < -0.39 is 66.2 Å². The van der Waals surface area contributed by atoms with E-state index in [-0.39, 0.29) is 18.6 Å². The van der Waals surface area contributed by atoms with Crippen molar-refractivity contribution in [3.8, 4) is 6.07 Å². The second kappa shape index (κ2) is 11.5. The number of Topliss-reactive ketones (excluding diaryl/α,β-unsaturated/α-hetero) is 1. The SMILES string of the molecule is N#Cc1ccc(NN2C3C4C(=O)/C(=N\Nc5ccc(C(=O)c6ccccc6)cc5)C(S(=O)(=O)O)CC4CC(S(=O)(=O)O)C32)cc1. The summed E-state index contributed by atoms with van der Waals surface area (Å²) in [6.45, 7) is 0. The summed E-state index contributed by atoms with van der Waals surface area (Å²) in [5.41, 5.74) is 7.45. The van der Waals surface area contributed by atoms with E-state index in [4.69, 9.17) is 5.26 Å². The summed E-state index contributed by atoms with van der Waals surface area (Å²) in [6, 6.07) is 21.6. The molecule has 0 aromatic heterocycles. The van der Waals surface area contributed by atoms with Crippen LogP contribution >= 0.6 is 0 Å². The van der Waals surface area contributed by atoms with Crippen LogP contribution in [0.15, 0.2) is 84.0 Å². The number of hydrazone groups is 1. The fourth-order valence-corrected chi connectivity index (χ4v) is 8.50. The lowest BCUT2D eigenvalue weighted by atomic mass is 9.69. The summed E-state index contributed by atoms with van der Waals surface area (Å²) in [5, 5.41) is 11.7. The molecule has 0 spiro atoms. The molecule has 7 atom stereocenters. The van der Waals surface area contributed by atoms with Gasteiger partial charge in [-0.15, -0.1) is 0 Å². The molecule has 15 heteroatoms. The Labute approximate surface area is 259 Å². The maximum Gasteiger partial charge on any atom is 0.273 e. The molecular formula is C30H27N5O8S2. The van der Waals surface area contributed by atoms with Gasteiger partial charge in [0.2, 0.25) is 0 Å². The number of carbonyl (C=O) groups excluding carboxylic acids is 2. The van der Waals surface area contributed by atoms with Gasteiger partial charge in [-0.3, -0.25) is 24.1 Å². The van der Waals surface area contributed by atoms with Crippen LogP contribution in [-0.4, -0.2) is 70.8 Å². The molecule has 45 heavy (non-hydrogen) atoms. The Morgan fingerprint density at radius 3 is 2.07 bits per heavy atom. The van der Waals surface area contributed by atoms with Gasteiger partial charge < -0.3 is 5.43 Å². The molecule has 4 N–H and O–H groups in total. The zero-order valence-electron chi connectivity index (χ0n) is 23.4. The van der Waals surface area contributed by atoms with E-state index in [2.05, 4.69) is 16.0 Å². The molecule has 2 saturated carbocycles. The molecule has 3 aromatic carbocycles. The van der Waals surface area contributed by atoms with Crippen LogP contribution in [0.2, 0.25) is 0 Å². The van der Waals surface area contributed by atoms with Crippen LogP contribution in [-0.2, 0) is 25.0 Å². The minimum Gasteiger partial charge on any atom is -0.318 e. The lowest BCUT2D eigenvalue weighted by molar-refractivity contribution is -0.119. The van der Waals surface area contributed by atoms with Gasteiger partial charge in [0.25, 0.3) is 20.2 Å². The first-order chi connectivity index (χ1) is 21.4. The number of hydrogen-bond donors (Lipinski definition) is 4. The molecule has 1 saturated heterocycles. The first-order valence-electron chi connectivity index (χ1n) is 13.9. The number of anilines is 2. The van der Waals surface area contributed by atoms with E-state index in [9.17, 15) is 35.5 Å². The maximum atomic E-state index is 13.9. The average molecular weight is 650 g/mol. The number of carbonyl (C=O) groups is 2. The standard InChI is InChI=1S/C30H27N5O8S2/c31-16-17-6-10-22(11-7-17)34-35-27-24(45(41,42)43)15-20-14-23(44(38,39)40)26(30(37)25(20)28(27)35)33-32-21-12-8-19(9-13-21)29(36)18-4-2-1-3-5-18/h1-13,20,23-25,27-28,32,34H,14-15H2,(H,38,39,40)(H,41,42,43)/b33-26-. The molecule has 1 aliphatic heterocycles. The smallest absolute Gasteiger partial charge is 0.273 e. The Morgan fingerprint density at radius 1 is 0.844 bits per heavy atom. The summed E-state index contributed by atoms with van der Waals surface area (Å²) in [4.78, 5) is 26.6. The molecule has 6 rings (SSSR count). The van der Waals surface area contributed by atoms with Crippen LogP contribution in [0.4, 0.5) is 11.4 Å². The van der Waals surface area contributed by atoms with Crippen LogP contribution in [0.1, 0.15) is 34.3 Å². The topological polar surface area (TPSA) is 206 Å². The number of rotatable bonds is 8. The fourth-order valence-electron chi connectivity index (χ4n) is 6.43. The van der Waals surface area contributed by atoms with Crippen LogP contribution in [0.5, 0.6) is 0 Å². The average Bonchev–Trinajstić information content (AvgIpc) is 3.72. The number of hydrazine groups is 1. The highest BCUT2D eigenvalue weighted by Gasteiger charge is 2.68. The minimum absolute atomic E-state index is 0.202. The molecule has 0 radical (unpaired) electrons. The van der Waals surface area contributed by atoms with Crippen molar-refractivity contribution in [2.24, 2.45) is 16.9 Å². The molecule has 3 aliphatic rings. The highest BCUT2D eigenvalue weighted by Crippen LogP contribution is 2.52. The van der Waals surface area contributed by atoms with Crippen LogP contribution in [0.25, 0.3) is 0 Å². The number of ketones is 2. The van der Waals surface area contributed by atoms with Crippen molar-refractivity contribution >= 4 is 48.9 Å². The number of nitriles is 1. The van der Waals surface area contributed by atoms with E-state index in [0.29, 0.717) is 28.1 Å². The number of hydrogen-bond acceptors (Lipinski definition) is 11. The van der Waals surface area contributed by atoms with Gasteiger partial charge >= 0.3 is 0 Å². The monoisotopic (exact) mass is 649 g/mol. The van der Waals surface area contributed by atoms with E-state index in [1.54, 1.807) is 66.7 Å². The number of nitrogens with zero attached hydrogens (tertiary/aromatic N) is 3. The summed E-state index contributed by atoms with van der Waals surface area (Å²) < 4.78 is 69.7. The quantitative estimate of drug-likeness (QED) is 0.120. The van der Waals surface area contributed by atoms with Crippen molar-refractivity contribution in [3.63, 3.8) is 0 Å². The summed E-state index contributed by atoms with van der Waals surface area (Å²) in [5.74, 6) is -2.56. The largest absolute Gasteiger partial charge is 0.318 e. The van der Waals surface area contributed by atoms with Gasteiger partial charge in [0.15, 0.2) is 11.6 Å². The maximum absolute atomic E-state index is 13.9. The first-order valence-corrected chi connectivity index (χ1v) is 16.9. The summed E-state index contributed by atoms with van der Waals surface area (Å²) in [6.07, 6.45) is -0.494. The Balaban J connectivity index is 1.27. The fraction of sp³-hybridized carbons (Fsp3) is 0.267. The van der Waals surface area contributed by atoms with Crippen LogP contribution in [0.3, 0.4) is 0 Å². The second-order valence-electron chi connectivity index (χ2n) is 11.2. The molecule has 7 unspecified atom stereocenters. The molecule has 1 heterocycles. The number of fused-ring (bicyclic) bond motifs is 3. The molecule has 3 aromatic rings. The zero-order chi connectivity index (χ0) is 32.1. The highest BCUT2D eigenvalue weighted by atomic mass is 32.2. The molecule has 2 aliphatic carbocycles. The lowest BCUT2D eigenvalue weighted by Gasteiger charge is -2.38. The van der Waals surface area contributed by atoms with E-state index in [0.717, 1.165) is 0 Å². The van der Waals surface area contributed by atoms with Crippen molar-refractivity contribution in [2.45, 2.75) is 35.4 Å². The predicted octanol–water partition coefficient (Wildman–Crippen LogP) is 2.76. The zero-order valence-corrected chi connectivity index (χ0v) is 25.0. The van der Waals surface area contributed by atoms with Crippen LogP contribution in [0, 0.1) is 23.2 Å². The van der Waals surface area contributed by atoms with Crippen molar-refractivity contribution in [3.05, 3.63) is 95.6 Å². The summed E-state index contributed by atoms with van der Waals surface area (Å²) in [7, 11) is -9.43. The van der Waals surface area contributed by atoms with E-state index in [1.807, 2.05) is 6.07 Å². The Bertz CT molecular complexity index is 1940. The van der Waals surface area contributed by atoms with Gasteiger partial charge in [-0.25, -0.2) is 5.01 Å². The minimum atomic E-state index is -4.84. The van der Waals surface area contributed by atoms with Gasteiger partial charge in [-0.05, 0) is 67.3 Å². The number of benzene rings is 3. The Morgan fingerprint density at radius 2 is 1.47 bits per heavy atom. The lowest BCUT2D eigenvalue weighted by Crippen LogP contribution is -2.53. The van der Waals surface area contributed by atoms with E-state index in [1.165, 1.54) is 17.1 Å². The second-order valence-corrected chi connectivity index (χ2v) is 14.5. The normalized spacial score (nSPS) is 28.3. The molecule has 13 nitrogen and oxygen atoms in total. The molecular weight excluding hydrogens is 622 g/mol. The third-order valence-corrected chi connectivity index (χ3v) is 10.9. The molecule has 0 amide bonds. The van der Waals surface area contributed by atoms with Crippen molar-refractivity contribution < 1.29 is 35.5 Å². The Kier molecular flexibility index (Phi) is 7.79. The van der Waals surface area contributed by atoms with Crippen molar-refractivity contribution in [1.82, 2.24) is 5.01 Å². The first kappa shape index (κ1) is 30.6. The Hall–Kier alpha value is -4.46. The molecule has 232 valence electrons. The van der Waals surface area contributed by atoms with Crippen LogP contribution < -0.4 is 10.9 Å². The van der Waals surface area contributed by atoms with Crippen molar-refractivity contribution in [1.29, 1.82) is 5.26 Å². The van der Waals surface area contributed by atoms with Gasteiger partial charge in [-0.1, -0.05) is 30.3 Å². The van der Waals surface area contributed by atoms with Gasteiger partial charge in [0.05, 0.1) is 29.4 Å². The predicted molar refractivity (Wildman–Crippen MR) is 163 cm³/mol. The van der Waals surface area contributed by atoms with Gasteiger partial charge in [0, 0.05) is 22.7 Å². The summed E-state index contributed by atoms with van der Waals surface area (Å²) >= 11 is 0. The van der Waals surface area contributed by atoms with Crippen molar-refractivity contribution in [2.75, 3.05) is 10.9 Å². The highest BCUT2D eigenvalue weighted by molar-refractivity contribution is 7.87. The molecule has 0 bridgehead atoms. The third kappa shape index (κ3) is 5.98. The molecule has 3 fully saturated rings. The van der Waals surface area contributed by atoms with Gasteiger partial charge in [0.1, 0.15) is 16.2 Å². The van der Waals surface area contributed by atoms with E-state index >= 15 is 0 Å².